The van der Waals surface area contributed by atoms with Gasteiger partial charge in [0.1, 0.15) is 0 Å². The zero-order chi connectivity index (χ0) is 15.1. The van der Waals surface area contributed by atoms with Gasteiger partial charge in [0.15, 0.2) is 0 Å². The average molecular weight is 289 g/mol. The molecule has 0 fully saturated rings. The van der Waals surface area contributed by atoms with Gasteiger partial charge in [-0.3, -0.25) is 0 Å². The standard InChI is InChI=1S/C19H31NO/c1-3-5-11-21-19-10-9-15-12-16(7-8-17(15)13-19)18(14-20)6-4-2/h7-8,12,18-19H,3-6,9-11,13-14,20H2,1-2H3. The highest BCUT2D eigenvalue weighted by atomic mass is 16.5. The molecule has 2 N–H and O–H groups in total. The van der Waals surface area contributed by atoms with Gasteiger partial charge >= 0.3 is 0 Å². The molecule has 2 rings (SSSR count). The largest absolute Gasteiger partial charge is 0.378 e. The lowest BCUT2D eigenvalue weighted by Crippen LogP contribution is -2.23. The number of unbranched alkanes of at least 4 members (excludes halogenated alkanes) is 1. The van der Waals surface area contributed by atoms with Crippen molar-refractivity contribution in [3.8, 4) is 0 Å². The monoisotopic (exact) mass is 289 g/mol. The van der Waals surface area contributed by atoms with Gasteiger partial charge in [-0.25, -0.2) is 0 Å². The number of benzene rings is 1. The molecule has 118 valence electrons. The summed E-state index contributed by atoms with van der Waals surface area (Å²) in [5.74, 6) is 0.527. The van der Waals surface area contributed by atoms with Crippen LogP contribution in [0.15, 0.2) is 18.2 Å². The van der Waals surface area contributed by atoms with Crippen molar-refractivity contribution in [1.82, 2.24) is 0 Å². The minimum Gasteiger partial charge on any atom is -0.378 e. The molecule has 1 aromatic rings. The number of hydrogen-bond donors (Lipinski definition) is 1. The highest BCUT2D eigenvalue weighted by Gasteiger charge is 2.20. The van der Waals surface area contributed by atoms with Gasteiger partial charge in [-0.05, 0) is 61.3 Å². The number of aryl methyl sites for hydroxylation is 1. The summed E-state index contributed by atoms with van der Waals surface area (Å²) >= 11 is 0. The summed E-state index contributed by atoms with van der Waals surface area (Å²) in [6, 6.07) is 7.02. The normalized spacial score (nSPS) is 19.3. The molecule has 1 aliphatic rings. The molecule has 2 heteroatoms. The van der Waals surface area contributed by atoms with Crippen LogP contribution in [-0.4, -0.2) is 19.3 Å². The summed E-state index contributed by atoms with van der Waals surface area (Å²) in [4.78, 5) is 0. The highest BCUT2D eigenvalue weighted by molar-refractivity contribution is 5.36. The van der Waals surface area contributed by atoms with Gasteiger partial charge in [0.05, 0.1) is 6.10 Å². The van der Waals surface area contributed by atoms with Crippen LogP contribution in [-0.2, 0) is 17.6 Å². The van der Waals surface area contributed by atoms with Gasteiger partial charge < -0.3 is 10.5 Å². The van der Waals surface area contributed by atoms with E-state index in [0.717, 1.165) is 26.0 Å². The average Bonchev–Trinajstić information content (AvgIpc) is 2.52. The van der Waals surface area contributed by atoms with Crippen LogP contribution in [0.4, 0.5) is 0 Å². The fourth-order valence-electron chi connectivity index (χ4n) is 3.30. The van der Waals surface area contributed by atoms with Crippen LogP contribution in [0.25, 0.3) is 0 Å². The van der Waals surface area contributed by atoms with E-state index >= 15 is 0 Å². The second-order valence-electron chi connectivity index (χ2n) is 6.34. The number of hydrogen-bond acceptors (Lipinski definition) is 2. The van der Waals surface area contributed by atoms with Crippen LogP contribution in [0, 0.1) is 0 Å². The number of nitrogens with two attached hydrogens (primary N) is 1. The van der Waals surface area contributed by atoms with Gasteiger partial charge in [0.2, 0.25) is 0 Å². The quantitative estimate of drug-likeness (QED) is 0.728. The second-order valence-corrected chi connectivity index (χ2v) is 6.34. The molecule has 1 aliphatic carbocycles. The number of rotatable bonds is 8. The minimum atomic E-state index is 0.427. The van der Waals surface area contributed by atoms with Gasteiger partial charge in [-0.15, -0.1) is 0 Å². The summed E-state index contributed by atoms with van der Waals surface area (Å²) in [6.07, 6.45) is 8.62. The highest BCUT2D eigenvalue weighted by Crippen LogP contribution is 2.28. The van der Waals surface area contributed by atoms with Crippen LogP contribution in [0.3, 0.4) is 0 Å². The summed E-state index contributed by atoms with van der Waals surface area (Å²) < 4.78 is 6.00. The van der Waals surface area contributed by atoms with Crippen molar-refractivity contribution in [2.45, 2.75) is 70.8 Å². The Labute approximate surface area is 130 Å². The molecule has 0 heterocycles. The van der Waals surface area contributed by atoms with Crippen molar-refractivity contribution in [3.63, 3.8) is 0 Å². The predicted octanol–water partition coefficient (Wildman–Crippen LogP) is 4.20. The lowest BCUT2D eigenvalue weighted by Gasteiger charge is -2.26. The van der Waals surface area contributed by atoms with Crippen molar-refractivity contribution in [2.75, 3.05) is 13.2 Å². The third-order valence-electron chi connectivity index (χ3n) is 4.66. The maximum Gasteiger partial charge on any atom is 0.0618 e. The van der Waals surface area contributed by atoms with Gasteiger partial charge in [0, 0.05) is 6.61 Å². The Bertz CT molecular complexity index is 430. The van der Waals surface area contributed by atoms with Crippen molar-refractivity contribution >= 4 is 0 Å². The van der Waals surface area contributed by atoms with Crippen molar-refractivity contribution < 1.29 is 4.74 Å². The lowest BCUT2D eigenvalue weighted by molar-refractivity contribution is 0.0424. The van der Waals surface area contributed by atoms with E-state index in [1.807, 2.05) is 0 Å². The molecule has 1 aromatic carbocycles. The van der Waals surface area contributed by atoms with Crippen LogP contribution in [0.1, 0.15) is 68.6 Å². The molecule has 2 atom stereocenters. The molecule has 0 bridgehead atoms. The first kappa shape index (κ1) is 16.5. The third kappa shape index (κ3) is 4.55. The zero-order valence-electron chi connectivity index (χ0n) is 13.7. The molecule has 0 aliphatic heterocycles. The first-order valence-corrected chi connectivity index (χ1v) is 8.71. The van der Waals surface area contributed by atoms with E-state index < -0.39 is 0 Å². The maximum atomic E-state index is 6.00. The molecule has 0 radical (unpaired) electrons. The molecule has 0 amide bonds. The fraction of sp³-hybridized carbons (Fsp3) is 0.684. The molecule has 21 heavy (non-hydrogen) atoms. The fourth-order valence-corrected chi connectivity index (χ4v) is 3.30. The SMILES string of the molecule is CCCCOC1CCc2cc(C(CN)CCC)ccc2C1. The van der Waals surface area contributed by atoms with E-state index in [2.05, 4.69) is 32.0 Å². The molecule has 0 aromatic heterocycles. The Kier molecular flexibility index (Phi) is 6.72. The maximum absolute atomic E-state index is 6.00. The van der Waals surface area contributed by atoms with Crippen LogP contribution in [0.2, 0.25) is 0 Å². The van der Waals surface area contributed by atoms with Gasteiger partial charge in [0.25, 0.3) is 0 Å². The van der Waals surface area contributed by atoms with Crippen LogP contribution < -0.4 is 5.73 Å². The molecular weight excluding hydrogens is 258 g/mol. The zero-order valence-corrected chi connectivity index (χ0v) is 13.7. The molecule has 0 saturated carbocycles. The number of fused-ring (bicyclic) bond motifs is 1. The minimum absolute atomic E-state index is 0.427. The smallest absolute Gasteiger partial charge is 0.0618 e. The lowest BCUT2D eigenvalue weighted by atomic mass is 9.85. The predicted molar refractivity (Wildman–Crippen MR) is 89.8 cm³/mol. The van der Waals surface area contributed by atoms with Crippen molar-refractivity contribution in [1.29, 1.82) is 0 Å². The van der Waals surface area contributed by atoms with E-state index in [0.29, 0.717) is 12.0 Å². The van der Waals surface area contributed by atoms with E-state index in [9.17, 15) is 0 Å². The van der Waals surface area contributed by atoms with Gasteiger partial charge in [-0.2, -0.15) is 0 Å². The van der Waals surface area contributed by atoms with Crippen LogP contribution >= 0.6 is 0 Å². The molecular formula is C19H31NO. The molecule has 0 saturated heterocycles. The third-order valence-corrected chi connectivity index (χ3v) is 4.66. The molecule has 0 spiro atoms. The topological polar surface area (TPSA) is 35.2 Å². The Morgan fingerprint density at radius 2 is 2.10 bits per heavy atom. The molecule has 2 nitrogen and oxygen atoms in total. The Balaban J connectivity index is 1.99. The Morgan fingerprint density at radius 3 is 2.81 bits per heavy atom. The number of ether oxygens (including phenoxy) is 1. The van der Waals surface area contributed by atoms with E-state index in [1.54, 1.807) is 0 Å². The van der Waals surface area contributed by atoms with E-state index in [1.165, 1.54) is 48.8 Å². The van der Waals surface area contributed by atoms with Gasteiger partial charge in [-0.1, -0.05) is 44.9 Å². The van der Waals surface area contributed by atoms with Crippen LogP contribution in [0.5, 0.6) is 0 Å². The first-order chi connectivity index (χ1) is 10.3. The summed E-state index contributed by atoms with van der Waals surface area (Å²) in [6.45, 7) is 6.13. The molecule has 2 unspecified atom stereocenters. The van der Waals surface area contributed by atoms with E-state index in [4.69, 9.17) is 10.5 Å². The van der Waals surface area contributed by atoms with Crippen molar-refractivity contribution in [2.24, 2.45) is 5.73 Å². The summed E-state index contributed by atoms with van der Waals surface area (Å²) in [7, 11) is 0. The van der Waals surface area contributed by atoms with Crippen molar-refractivity contribution in [3.05, 3.63) is 34.9 Å². The summed E-state index contributed by atoms with van der Waals surface area (Å²) in [5, 5.41) is 0. The Morgan fingerprint density at radius 1 is 1.24 bits per heavy atom. The second kappa shape index (κ2) is 8.55. The Hall–Kier alpha value is -0.860. The van der Waals surface area contributed by atoms with E-state index in [-0.39, 0.29) is 0 Å². The first-order valence-electron chi connectivity index (χ1n) is 8.71. The summed E-state index contributed by atoms with van der Waals surface area (Å²) in [5.41, 5.74) is 10.4.